The summed E-state index contributed by atoms with van der Waals surface area (Å²) in [5, 5.41) is 11.8. The highest BCUT2D eigenvalue weighted by Gasteiger charge is 2.37. The molecule has 1 aliphatic heterocycles. The maximum Gasteiger partial charge on any atom is 0.268 e. The highest BCUT2D eigenvalue weighted by atomic mass is 79.9. The van der Waals surface area contributed by atoms with Gasteiger partial charge in [-0.2, -0.15) is 0 Å². The van der Waals surface area contributed by atoms with Crippen molar-refractivity contribution >= 4 is 34.1 Å². The highest BCUT2D eigenvalue weighted by molar-refractivity contribution is 9.10. The number of halogens is 1. The van der Waals surface area contributed by atoms with E-state index in [1.165, 1.54) is 23.2 Å². The van der Waals surface area contributed by atoms with E-state index in [9.17, 15) is 14.7 Å². The zero-order chi connectivity index (χ0) is 27.8. The van der Waals surface area contributed by atoms with Gasteiger partial charge >= 0.3 is 0 Å². The standard InChI is InChI=1S/C29H26BrN3O5S/c1-17(34)31-14-13-18-15-23(37-2)24(38-3)16-22(18)26(31)25-27(35)32(20-7-5-4-6-8-20)29(39)33(28(25)36)21-11-9-19(30)10-12-21/h4-12,15-16,26,36H,13-14H2,1-3H3. The molecule has 0 aliphatic carbocycles. The SMILES string of the molecule is COc1cc2c(cc1OC)C(c1c(O)n(-c3ccc(Br)cc3)c(=S)n(-c3ccccc3)c1=O)N(C(C)=O)CC2. The molecule has 1 amide bonds. The number of para-hydroxylation sites is 1. The number of ether oxygens (including phenoxy) is 2. The lowest BCUT2D eigenvalue weighted by Crippen LogP contribution is -2.43. The van der Waals surface area contributed by atoms with Gasteiger partial charge in [-0.1, -0.05) is 34.1 Å². The first-order valence-electron chi connectivity index (χ1n) is 12.2. The van der Waals surface area contributed by atoms with Crippen LogP contribution in [0.15, 0.2) is 76.0 Å². The summed E-state index contributed by atoms with van der Waals surface area (Å²) in [7, 11) is 3.08. The number of methoxy groups -OCH3 is 2. The first-order chi connectivity index (χ1) is 18.8. The van der Waals surface area contributed by atoms with Crippen LogP contribution in [0.25, 0.3) is 11.4 Å². The number of fused-ring (bicyclic) bond motifs is 1. The van der Waals surface area contributed by atoms with E-state index in [1.807, 2.05) is 36.4 Å². The number of hydrogen-bond donors (Lipinski definition) is 1. The highest BCUT2D eigenvalue weighted by Crippen LogP contribution is 2.42. The smallest absolute Gasteiger partial charge is 0.268 e. The largest absolute Gasteiger partial charge is 0.494 e. The first kappa shape index (κ1) is 26.7. The third kappa shape index (κ3) is 4.63. The third-order valence-electron chi connectivity index (χ3n) is 6.92. The summed E-state index contributed by atoms with van der Waals surface area (Å²) >= 11 is 9.24. The van der Waals surface area contributed by atoms with Crippen LogP contribution in [-0.4, -0.2) is 45.8 Å². The second-order valence-corrected chi connectivity index (χ2v) is 10.4. The van der Waals surface area contributed by atoms with Gasteiger partial charge in [0.15, 0.2) is 16.3 Å². The van der Waals surface area contributed by atoms with Gasteiger partial charge < -0.3 is 19.5 Å². The molecule has 200 valence electrons. The predicted molar refractivity (Wildman–Crippen MR) is 154 cm³/mol. The minimum Gasteiger partial charge on any atom is -0.494 e. The van der Waals surface area contributed by atoms with Crippen molar-refractivity contribution in [2.75, 3.05) is 20.8 Å². The molecule has 1 N–H and O–H groups in total. The first-order valence-corrected chi connectivity index (χ1v) is 13.4. The molecule has 2 heterocycles. The summed E-state index contributed by atoms with van der Waals surface area (Å²) in [4.78, 5) is 28.9. The zero-order valence-corrected chi connectivity index (χ0v) is 24.0. The molecule has 0 radical (unpaired) electrons. The fourth-order valence-corrected chi connectivity index (χ4v) is 5.72. The van der Waals surface area contributed by atoms with E-state index in [1.54, 1.807) is 42.3 Å². The van der Waals surface area contributed by atoms with Gasteiger partial charge in [0.05, 0.1) is 31.6 Å². The zero-order valence-electron chi connectivity index (χ0n) is 21.6. The molecule has 0 spiro atoms. The monoisotopic (exact) mass is 607 g/mol. The molecule has 39 heavy (non-hydrogen) atoms. The van der Waals surface area contributed by atoms with Crippen molar-refractivity contribution in [1.29, 1.82) is 0 Å². The van der Waals surface area contributed by atoms with Gasteiger partial charge in [0.25, 0.3) is 5.56 Å². The molecule has 10 heteroatoms. The molecular weight excluding hydrogens is 582 g/mol. The summed E-state index contributed by atoms with van der Waals surface area (Å²) in [6, 6.07) is 19.0. The Bertz CT molecular complexity index is 1680. The topological polar surface area (TPSA) is 85.9 Å². The van der Waals surface area contributed by atoms with Crippen LogP contribution < -0.4 is 15.0 Å². The third-order valence-corrected chi connectivity index (χ3v) is 7.81. The number of carbonyl (C=O) groups is 1. The lowest BCUT2D eigenvalue weighted by Gasteiger charge is -2.37. The van der Waals surface area contributed by atoms with Crippen LogP contribution in [0.1, 0.15) is 29.7 Å². The van der Waals surface area contributed by atoms with Gasteiger partial charge in [-0.3, -0.25) is 18.7 Å². The molecule has 1 aromatic heterocycles. The van der Waals surface area contributed by atoms with Crippen LogP contribution in [0, 0.1) is 4.77 Å². The van der Waals surface area contributed by atoms with Crippen molar-refractivity contribution in [2.45, 2.75) is 19.4 Å². The molecule has 0 saturated carbocycles. The summed E-state index contributed by atoms with van der Waals surface area (Å²) < 4.78 is 14.8. The van der Waals surface area contributed by atoms with Crippen molar-refractivity contribution in [1.82, 2.24) is 14.0 Å². The van der Waals surface area contributed by atoms with E-state index in [0.29, 0.717) is 41.4 Å². The predicted octanol–water partition coefficient (Wildman–Crippen LogP) is 5.34. The summed E-state index contributed by atoms with van der Waals surface area (Å²) in [6.07, 6.45) is 0.547. The van der Waals surface area contributed by atoms with Crippen LogP contribution in [0.4, 0.5) is 0 Å². The van der Waals surface area contributed by atoms with Gasteiger partial charge in [0.2, 0.25) is 11.8 Å². The average molecular weight is 609 g/mol. The number of aromatic nitrogens is 2. The number of rotatable bonds is 5. The van der Waals surface area contributed by atoms with E-state index >= 15 is 0 Å². The van der Waals surface area contributed by atoms with Crippen LogP contribution in [0.5, 0.6) is 17.4 Å². The maximum absolute atomic E-state index is 14.3. The Kier molecular flexibility index (Phi) is 7.33. The molecule has 3 aromatic carbocycles. The normalized spacial score (nSPS) is 14.6. The van der Waals surface area contributed by atoms with Gasteiger partial charge in [0.1, 0.15) is 5.56 Å². The minimum absolute atomic E-state index is 0.0266. The number of amides is 1. The minimum atomic E-state index is -0.897. The Morgan fingerprint density at radius 3 is 2.21 bits per heavy atom. The summed E-state index contributed by atoms with van der Waals surface area (Å²) in [5.41, 5.74) is 2.16. The van der Waals surface area contributed by atoms with Crippen molar-refractivity contribution in [2.24, 2.45) is 0 Å². The second-order valence-electron chi connectivity index (χ2n) is 9.08. The fraction of sp³-hybridized carbons (Fsp3) is 0.207. The molecule has 1 aliphatic rings. The molecular formula is C29H26BrN3O5S. The number of hydrogen-bond acceptors (Lipinski definition) is 6. The molecule has 0 fully saturated rings. The van der Waals surface area contributed by atoms with Crippen LogP contribution in [0.2, 0.25) is 0 Å². The van der Waals surface area contributed by atoms with Crippen LogP contribution in [-0.2, 0) is 11.2 Å². The molecule has 1 atom stereocenters. The Balaban J connectivity index is 1.90. The molecule has 1 unspecified atom stereocenters. The lowest BCUT2D eigenvalue weighted by molar-refractivity contribution is -0.130. The van der Waals surface area contributed by atoms with Crippen molar-refractivity contribution < 1.29 is 19.4 Å². The molecule has 5 rings (SSSR count). The fourth-order valence-electron chi connectivity index (χ4n) is 5.08. The van der Waals surface area contributed by atoms with Crippen molar-refractivity contribution in [3.63, 3.8) is 0 Å². The molecule has 0 saturated heterocycles. The Morgan fingerprint density at radius 2 is 1.59 bits per heavy atom. The maximum atomic E-state index is 14.3. The molecule has 4 aromatic rings. The quantitative estimate of drug-likeness (QED) is 0.308. The number of benzene rings is 3. The van der Waals surface area contributed by atoms with E-state index in [0.717, 1.165) is 10.0 Å². The van der Waals surface area contributed by atoms with Gasteiger partial charge in [-0.05, 0) is 78.3 Å². The Morgan fingerprint density at radius 1 is 0.974 bits per heavy atom. The van der Waals surface area contributed by atoms with Crippen molar-refractivity contribution in [3.8, 4) is 28.8 Å². The Labute approximate surface area is 238 Å². The van der Waals surface area contributed by atoms with E-state index < -0.39 is 11.6 Å². The van der Waals surface area contributed by atoms with Gasteiger partial charge in [0, 0.05) is 17.9 Å². The average Bonchev–Trinajstić information content (AvgIpc) is 2.93. The second kappa shape index (κ2) is 10.7. The van der Waals surface area contributed by atoms with Crippen LogP contribution >= 0.6 is 28.1 Å². The van der Waals surface area contributed by atoms with Crippen molar-refractivity contribution in [3.05, 3.63) is 103 Å². The molecule has 0 bridgehead atoms. The lowest BCUT2D eigenvalue weighted by atomic mass is 9.88. The van der Waals surface area contributed by atoms with E-state index in [-0.39, 0.29) is 22.1 Å². The number of nitrogens with zero attached hydrogens (tertiary/aromatic N) is 3. The van der Waals surface area contributed by atoms with Crippen LogP contribution in [0.3, 0.4) is 0 Å². The van der Waals surface area contributed by atoms with E-state index in [2.05, 4.69) is 15.9 Å². The number of aromatic hydroxyl groups is 1. The molecule has 8 nitrogen and oxygen atoms in total. The van der Waals surface area contributed by atoms with Gasteiger partial charge in [-0.15, -0.1) is 0 Å². The summed E-state index contributed by atoms with van der Waals surface area (Å²) in [6.45, 7) is 1.80. The van der Waals surface area contributed by atoms with E-state index in [4.69, 9.17) is 21.7 Å². The Hall–Kier alpha value is -3.89. The number of carbonyl (C=O) groups excluding carboxylic acids is 1. The summed E-state index contributed by atoms with van der Waals surface area (Å²) in [5.74, 6) is 0.430. The van der Waals surface area contributed by atoms with Gasteiger partial charge in [-0.25, -0.2) is 0 Å².